The van der Waals surface area contributed by atoms with Crippen LogP contribution in [-0.4, -0.2) is 51.0 Å². The maximum absolute atomic E-state index is 12.2. The number of nitrogens with one attached hydrogen (secondary N) is 1. The molecule has 7 nitrogen and oxygen atoms in total. The molecule has 1 fully saturated rings. The van der Waals surface area contributed by atoms with Crippen molar-refractivity contribution in [2.24, 2.45) is 5.92 Å². The molecule has 1 aromatic rings. The van der Waals surface area contributed by atoms with Gasteiger partial charge in [-0.3, -0.25) is 4.79 Å². The minimum atomic E-state index is -1.10. The Balaban J connectivity index is 1.99. The van der Waals surface area contributed by atoms with Crippen LogP contribution in [0.4, 0.5) is 0 Å². The SMILES string of the molecule is COc1ccc(OC)c(C2CC2C(=O)NCC(OC)C(=O)O)c1. The molecule has 1 amide bonds. The largest absolute Gasteiger partial charge is 0.497 e. The molecule has 2 N–H and O–H groups in total. The Bertz CT molecular complexity index is 588. The molecule has 1 saturated carbocycles. The molecule has 1 aliphatic carbocycles. The summed E-state index contributed by atoms with van der Waals surface area (Å²) in [6, 6.07) is 5.48. The summed E-state index contributed by atoms with van der Waals surface area (Å²) in [5.74, 6) is -0.00505. The van der Waals surface area contributed by atoms with E-state index in [-0.39, 0.29) is 24.3 Å². The van der Waals surface area contributed by atoms with Crippen molar-refractivity contribution in [3.8, 4) is 11.5 Å². The number of carbonyl (C=O) groups is 2. The minimum Gasteiger partial charge on any atom is -0.497 e. The monoisotopic (exact) mass is 323 g/mol. The Morgan fingerprint density at radius 3 is 2.61 bits per heavy atom. The average molecular weight is 323 g/mol. The molecule has 2 rings (SSSR count). The van der Waals surface area contributed by atoms with Crippen LogP contribution in [0.1, 0.15) is 17.9 Å². The first kappa shape index (κ1) is 17.1. The molecule has 0 saturated heterocycles. The Kier molecular flexibility index (Phi) is 5.44. The molecular formula is C16H21NO6. The average Bonchev–Trinajstić information content (AvgIpc) is 3.34. The summed E-state index contributed by atoms with van der Waals surface area (Å²) >= 11 is 0. The van der Waals surface area contributed by atoms with E-state index in [1.807, 2.05) is 12.1 Å². The molecule has 0 radical (unpaired) electrons. The van der Waals surface area contributed by atoms with Gasteiger partial charge in [0, 0.05) is 24.5 Å². The van der Waals surface area contributed by atoms with Crippen LogP contribution in [0.2, 0.25) is 0 Å². The molecule has 3 unspecified atom stereocenters. The van der Waals surface area contributed by atoms with Crippen molar-refractivity contribution < 1.29 is 28.9 Å². The highest BCUT2D eigenvalue weighted by molar-refractivity contribution is 5.84. The van der Waals surface area contributed by atoms with Crippen molar-refractivity contribution in [2.45, 2.75) is 18.4 Å². The molecule has 0 bridgehead atoms. The summed E-state index contributed by atoms with van der Waals surface area (Å²) in [5.41, 5.74) is 0.925. The predicted molar refractivity (Wildman–Crippen MR) is 81.8 cm³/mol. The van der Waals surface area contributed by atoms with Gasteiger partial charge in [0.25, 0.3) is 0 Å². The standard InChI is InChI=1S/C16H21NO6/c1-21-9-4-5-13(22-2)11(6-9)10-7-12(10)15(18)17-8-14(23-3)16(19)20/h4-6,10,12,14H,7-8H2,1-3H3,(H,17,18)(H,19,20). The summed E-state index contributed by atoms with van der Waals surface area (Å²) in [6.45, 7) is -0.0524. The molecule has 7 heteroatoms. The van der Waals surface area contributed by atoms with E-state index in [4.69, 9.17) is 19.3 Å². The number of hydrogen-bond donors (Lipinski definition) is 2. The number of methoxy groups -OCH3 is 3. The van der Waals surface area contributed by atoms with Crippen LogP contribution in [0.25, 0.3) is 0 Å². The summed E-state index contributed by atoms with van der Waals surface area (Å²) in [5, 5.41) is 11.5. The number of aliphatic carboxylic acids is 1. The van der Waals surface area contributed by atoms with Gasteiger partial charge in [0.15, 0.2) is 6.10 Å². The lowest BCUT2D eigenvalue weighted by Crippen LogP contribution is -2.38. The van der Waals surface area contributed by atoms with Gasteiger partial charge in [0.1, 0.15) is 11.5 Å². The van der Waals surface area contributed by atoms with Crippen LogP contribution in [0, 0.1) is 5.92 Å². The van der Waals surface area contributed by atoms with Gasteiger partial charge in [0.05, 0.1) is 20.8 Å². The summed E-state index contributed by atoms with van der Waals surface area (Å²) in [7, 11) is 4.46. The van der Waals surface area contributed by atoms with Crippen LogP contribution in [0.15, 0.2) is 18.2 Å². The Hall–Kier alpha value is -2.28. The third-order valence-corrected chi connectivity index (χ3v) is 3.99. The van der Waals surface area contributed by atoms with Crippen molar-refractivity contribution in [1.82, 2.24) is 5.32 Å². The Morgan fingerprint density at radius 1 is 1.30 bits per heavy atom. The van der Waals surface area contributed by atoms with E-state index < -0.39 is 12.1 Å². The second-order valence-electron chi connectivity index (χ2n) is 5.36. The number of benzene rings is 1. The van der Waals surface area contributed by atoms with E-state index in [1.165, 1.54) is 7.11 Å². The predicted octanol–water partition coefficient (Wildman–Crippen LogP) is 1.02. The number of rotatable bonds is 8. The fraction of sp³-hybridized carbons (Fsp3) is 0.500. The lowest BCUT2D eigenvalue weighted by Gasteiger charge is -2.12. The van der Waals surface area contributed by atoms with E-state index in [9.17, 15) is 9.59 Å². The van der Waals surface area contributed by atoms with Crippen molar-refractivity contribution in [2.75, 3.05) is 27.9 Å². The van der Waals surface area contributed by atoms with Crippen molar-refractivity contribution in [3.63, 3.8) is 0 Å². The second kappa shape index (κ2) is 7.32. The topological polar surface area (TPSA) is 94.1 Å². The second-order valence-corrected chi connectivity index (χ2v) is 5.36. The molecule has 1 aliphatic rings. The van der Waals surface area contributed by atoms with Gasteiger partial charge < -0.3 is 24.6 Å². The van der Waals surface area contributed by atoms with Crippen molar-refractivity contribution >= 4 is 11.9 Å². The number of carboxylic acids is 1. The first-order valence-electron chi connectivity index (χ1n) is 7.27. The van der Waals surface area contributed by atoms with Gasteiger partial charge in [-0.1, -0.05) is 0 Å². The number of amides is 1. The van der Waals surface area contributed by atoms with Gasteiger partial charge in [-0.25, -0.2) is 4.79 Å². The number of carbonyl (C=O) groups excluding carboxylic acids is 1. The van der Waals surface area contributed by atoms with Crippen LogP contribution in [0.3, 0.4) is 0 Å². The molecule has 126 valence electrons. The van der Waals surface area contributed by atoms with Gasteiger partial charge in [-0.2, -0.15) is 0 Å². The maximum Gasteiger partial charge on any atom is 0.334 e. The van der Waals surface area contributed by atoms with E-state index >= 15 is 0 Å². The van der Waals surface area contributed by atoms with Crippen LogP contribution in [0.5, 0.6) is 11.5 Å². The minimum absolute atomic E-state index is 0.0471. The van der Waals surface area contributed by atoms with Crippen molar-refractivity contribution in [1.29, 1.82) is 0 Å². The lowest BCUT2D eigenvalue weighted by atomic mass is 10.1. The molecule has 0 aliphatic heterocycles. The summed E-state index contributed by atoms with van der Waals surface area (Å²) < 4.78 is 15.3. The molecule has 0 spiro atoms. The number of ether oxygens (including phenoxy) is 3. The third kappa shape index (κ3) is 3.92. The van der Waals surface area contributed by atoms with Gasteiger partial charge >= 0.3 is 5.97 Å². The smallest absolute Gasteiger partial charge is 0.334 e. The number of carboxylic acid groups (broad SMARTS) is 1. The fourth-order valence-electron chi connectivity index (χ4n) is 2.55. The van der Waals surface area contributed by atoms with Gasteiger partial charge in [0.2, 0.25) is 5.91 Å². The van der Waals surface area contributed by atoms with E-state index in [2.05, 4.69) is 5.32 Å². The molecule has 0 aromatic heterocycles. The van der Waals surface area contributed by atoms with E-state index in [0.717, 1.165) is 5.56 Å². The zero-order valence-corrected chi connectivity index (χ0v) is 13.4. The fourth-order valence-corrected chi connectivity index (χ4v) is 2.55. The van der Waals surface area contributed by atoms with Crippen LogP contribution < -0.4 is 14.8 Å². The van der Waals surface area contributed by atoms with Crippen LogP contribution in [-0.2, 0) is 14.3 Å². The number of hydrogen-bond acceptors (Lipinski definition) is 5. The normalized spacial score (nSPS) is 20.5. The molecule has 23 heavy (non-hydrogen) atoms. The highest BCUT2D eigenvalue weighted by Crippen LogP contribution is 2.51. The third-order valence-electron chi connectivity index (χ3n) is 3.99. The van der Waals surface area contributed by atoms with Gasteiger partial charge in [-0.15, -0.1) is 0 Å². The Morgan fingerprint density at radius 2 is 2.04 bits per heavy atom. The van der Waals surface area contributed by atoms with Crippen LogP contribution >= 0.6 is 0 Å². The van der Waals surface area contributed by atoms with Gasteiger partial charge in [-0.05, 0) is 24.6 Å². The zero-order valence-electron chi connectivity index (χ0n) is 13.4. The maximum atomic E-state index is 12.2. The first-order valence-corrected chi connectivity index (χ1v) is 7.27. The first-order chi connectivity index (χ1) is 11.0. The van der Waals surface area contributed by atoms with Crippen molar-refractivity contribution in [3.05, 3.63) is 23.8 Å². The zero-order chi connectivity index (χ0) is 17.0. The quantitative estimate of drug-likeness (QED) is 0.742. The van der Waals surface area contributed by atoms with E-state index in [0.29, 0.717) is 17.9 Å². The molecule has 1 aromatic carbocycles. The summed E-state index contributed by atoms with van der Waals surface area (Å²) in [4.78, 5) is 23.0. The Labute approximate surface area is 134 Å². The summed E-state index contributed by atoms with van der Waals surface area (Å²) in [6.07, 6.45) is -0.345. The molecular weight excluding hydrogens is 302 g/mol. The highest BCUT2D eigenvalue weighted by atomic mass is 16.5. The highest BCUT2D eigenvalue weighted by Gasteiger charge is 2.45. The lowest BCUT2D eigenvalue weighted by molar-refractivity contribution is -0.148. The van der Waals surface area contributed by atoms with E-state index in [1.54, 1.807) is 20.3 Å². The molecule has 0 heterocycles. The molecule has 3 atom stereocenters.